The molecular weight excluding hydrogens is 208 g/mol. The number of ether oxygens (including phenoxy) is 1. The second-order valence-electron chi connectivity index (χ2n) is 4.51. The van der Waals surface area contributed by atoms with Crippen LogP contribution >= 0.6 is 0 Å². The van der Waals surface area contributed by atoms with Crippen molar-refractivity contribution in [2.45, 2.75) is 26.3 Å². The Morgan fingerprint density at radius 3 is 2.69 bits per heavy atom. The zero-order valence-electron chi connectivity index (χ0n) is 10.2. The van der Waals surface area contributed by atoms with Crippen LogP contribution in [0, 0.1) is 5.92 Å². The van der Waals surface area contributed by atoms with Crippen LogP contribution in [0.3, 0.4) is 0 Å². The molecule has 1 fully saturated rings. The first-order chi connectivity index (χ1) is 7.51. The number of likely N-dealkylation sites (tertiary alicyclic amines) is 1. The van der Waals surface area contributed by atoms with Crippen molar-refractivity contribution in [2.75, 3.05) is 26.7 Å². The molecule has 0 aromatic heterocycles. The molecule has 0 spiro atoms. The van der Waals surface area contributed by atoms with E-state index in [1.54, 1.807) is 0 Å². The van der Waals surface area contributed by atoms with Crippen molar-refractivity contribution in [2.24, 2.45) is 5.92 Å². The maximum Gasteiger partial charge on any atom is 0.319 e. The van der Waals surface area contributed by atoms with Crippen molar-refractivity contribution in [1.29, 1.82) is 0 Å². The Morgan fingerprint density at radius 1 is 1.44 bits per heavy atom. The molecule has 1 saturated heterocycles. The number of amides is 1. The molecule has 0 radical (unpaired) electrons. The number of nitrogens with one attached hydrogen (secondary N) is 1. The Balaban J connectivity index is 2.47. The minimum Gasteiger partial charge on any atom is -0.468 e. The van der Waals surface area contributed by atoms with Crippen LogP contribution < -0.4 is 5.32 Å². The zero-order valence-corrected chi connectivity index (χ0v) is 10.2. The van der Waals surface area contributed by atoms with E-state index in [1.807, 2.05) is 4.90 Å². The third kappa shape index (κ3) is 4.18. The van der Waals surface area contributed by atoms with Crippen molar-refractivity contribution in [3.8, 4) is 0 Å². The lowest BCUT2D eigenvalue weighted by molar-refractivity contribution is -0.142. The van der Waals surface area contributed by atoms with E-state index in [0.717, 1.165) is 19.5 Å². The maximum atomic E-state index is 11.2. The van der Waals surface area contributed by atoms with E-state index in [0.29, 0.717) is 12.5 Å². The lowest BCUT2D eigenvalue weighted by Crippen LogP contribution is -2.51. The molecule has 0 bridgehead atoms. The maximum absolute atomic E-state index is 11.2. The molecule has 2 unspecified atom stereocenters. The summed E-state index contributed by atoms with van der Waals surface area (Å²) in [6.45, 7) is 5.54. The molecule has 0 saturated carbocycles. The molecule has 1 aliphatic heterocycles. The Bertz CT molecular complexity index is 268. The van der Waals surface area contributed by atoms with Gasteiger partial charge in [-0.3, -0.25) is 14.5 Å². The van der Waals surface area contributed by atoms with Crippen LogP contribution in [0.4, 0.5) is 0 Å². The highest BCUT2D eigenvalue weighted by atomic mass is 16.5. The molecule has 0 aromatic rings. The van der Waals surface area contributed by atoms with Crippen molar-refractivity contribution in [3.05, 3.63) is 0 Å². The SMILES string of the molecule is COC(=O)CN1CC(C)CC(NC(C)=O)C1. The first kappa shape index (κ1) is 13.0. The topological polar surface area (TPSA) is 58.6 Å². The number of hydrogen-bond donors (Lipinski definition) is 1. The minimum atomic E-state index is -0.226. The summed E-state index contributed by atoms with van der Waals surface area (Å²) in [6.07, 6.45) is 0.969. The Hall–Kier alpha value is -1.10. The van der Waals surface area contributed by atoms with Crippen LogP contribution in [0.2, 0.25) is 0 Å². The van der Waals surface area contributed by atoms with Gasteiger partial charge >= 0.3 is 5.97 Å². The highest BCUT2D eigenvalue weighted by Gasteiger charge is 2.26. The van der Waals surface area contributed by atoms with Gasteiger partial charge in [-0.25, -0.2) is 0 Å². The lowest BCUT2D eigenvalue weighted by Gasteiger charge is -2.35. The highest BCUT2D eigenvalue weighted by molar-refractivity contribution is 5.73. The normalized spacial score (nSPS) is 26.2. The molecule has 2 atom stereocenters. The van der Waals surface area contributed by atoms with E-state index in [2.05, 4.69) is 17.0 Å². The molecule has 5 nitrogen and oxygen atoms in total. The fraction of sp³-hybridized carbons (Fsp3) is 0.818. The summed E-state index contributed by atoms with van der Waals surface area (Å²) in [7, 11) is 1.39. The van der Waals surface area contributed by atoms with E-state index >= 15 is 0 Å². The van der Waals surface area contributed by atoms with Gasteiger partial charge in [-0.05, 0) is 12.3 Å². The Labute approximate surface area is 96.1 Å². The van der Waals surface area contributed by atoms with Crippen LogP contribution in [-0.4, -0.2) is 49.6 Å². The monoisotopic (exact) mass is 228 g/mol. The largest absolute Gasteiger partial charge is 0.468 e. The molecule has 0 aliphatic carbocycles. The van der Waals surface area contributed by atoms with E-state index in [1.165, 1.54) is 14.0 Å². The summed E-state index contributed by atoms with van der Waals surface area (Å²) in [5.41, 5.74) is 0. The molecule has 1 heterocycles. The van der Waals surface area contributed by atoms with Crippen molar-refractivity contribution in [3.63, 3.8) is 0 Å². The summed E-state index contributed by atoms with van der Waals surface area (Å²) >= 11 is 0. The summed E-state index contributed by atoms with van der Waals surface area (Å²) in [5.74, 6) is 0.239. The summed E-state index contributed by atoms with van der Waals surface area (Å²) in [4.78, 5) is 24.2. The number of rotatable bonds is 3. The molecule has 16 heavy (non-hydrogen) atoms. The molecule has 1 N–H and O–H groups in total. The number of esters is 1. The standard InChI is InChI=1S/C11H20N2O3/c1-8-4-10(12-9(2)14)6-13(5-8)7-11(15)16-3/h8,10H,4-7H2,1-3H3,(H,12,14). The minimum absolute atomic E-state index is 0.0166. The van der Waals surface area contributed by atoms with E-state index < -0.39 is 0 Å². The van der Waals surface area contributed by atoms with E-state index in [9.17, 15) is 9.59 Å². The Morgan fingerprint density at radius 2 is 2.12 bits per heavy atom. The number of carbonyl (C=O) groups excluding carboxylic acids is 2. The first-order valence-electron chi connectivity index (χ1n) is 5.57. The van der Waals surface area contributed by atoms with Crippen molar-refractivity contribution in [1.82, 2.24) is 10.2 Å². The fourth-order valence-corrected chi connectivity index (χ4v) is 2.23. The van der Waals surface area contributed by atoms with Crippen molar-refractivity contribution < 1.29 is 14.3 Å². The average molecular weight is 228 g/mol. The fourth-order valence-electron chi connectivity index (χ4n) is 2.23. The highest BCUT2D eigenvalue weighted by Crippen LogP contribution is 2.16. The van der Waals surface area contributed by atoms with Crippen LogP contribution in [0.15, 0.2) is 0 Å². The smallest absolute Gasteiger partial charge is 0.319 e. The summed E-state index contributed by atoms with van der Waals surface area (Å²) in [5, 5.41) is 2.90. The van der Waals surface area contributed by atoms with Crippen LogP contribution in [-0.2, 0) is 14.3 Å². The number of piperidine rings is 1. The number of carbonyl (C=O) groups is 2. The molecule has 0 aromatic carbocycles. The van der Waals surface area contributed by atoms with Crippen molar-refractivity contribution >= 4 is 11.9 Å². The number of methoxy groups -OCH3 is 1. The number of nitrogens with zero attached hydrogens (tertiary/aromatic N) is 1. The van der Waals surface area contributed by atoms with E-state index in [-0.39, 0.29) is 17.9 Å². The van der Waals surface area contributed by atoms with Gasteiger partial charge in [0.1, 0.15) is 0 Å². The summed E-state index contributed by atoms with van der Waals surface area (Å²) in [6, 6.07) is 0.144. The predicted molar refractivity (Wildman–Crippen MR) is 59.8 cm³/mol. The molecule has 1 rings (SSSR count). The van der Waals surface area contributed by atoms with Gasteiger partial charge in [0.25, 0.3) is 0 Å². The zero-order chi connectivity index (χ0) is 12.1. The summed E-state index contributed by atoms with van der Waals surface area (Å²) < 4.78 is 4.64. The van der Waals surface area contributed by atoms with Gasteiger partial charge in [-0.15, -0.1) is 0 Å². The third-order valence-corrected chi connectivity index (χ3v) is 2.72. The van der Waals surface area contributed by atoms with Gasteiger partial charge in [0.2, 0.25) is 5.91 Å². The Kier molecular flexibility index (Phi) is 4.73. The molecule has 1 aliphatic rings. The molecular formula is C11H20N2O3. The molecule has 5 heteroatoms. The second kappa shape index (κ2) is 5.84. The van der Waals surface area contributed by atoms with Gasteiger partial charge in [-0.2, -0.15) is 0 Å². The van der Waals surface area contributed by atoms with Crippen LogP contribution in [0.5, 0.6) is 0 Å². The van der Waals surface area contributed by atoms with Gasteiger partial charge in [0.05, 0.1) is 13.7 Å². The van der Waals surface area contributed by atoms with Gasteiger partial charge in [-0.1, -0.05) is 6.92 Å². The molecule has 92 valence electrons. The van der Waals surface area contributed by atoms with Gasteiger partial charge < -0.3 is 10.1 Å². The number of hydrogen-bond acceptors (Lipinski definition) is 4. The molecule has 1 amide bonds. The first-order valence-corrected chi connectivity index (χ1v) is 5.57. The van der Waals surface area contributed by atoms with Gasteiger partial charge in [0.15, 0.2) is 0 Å². The predicted octanol–water partition coefficient (Wildman–Crippen LogP) is 0.00590. The van der Waals surface area contributed by atoms with Crippen LogP contribution in [0.1, 0.15) is 20.3 Å². The average Bonchev–Trinajstić information content (AvgIpc) is 2.15. The van der Waals surface area contributed by atoms with Gasteiger partial charge in [0, 0.05) is 26.1 Å². The third-order valence-electron chi connectivity index (χ3n) is 2.72. The van der Waals surface area contributed by atoms with E-state index in [4.69, 9.17) is 0 Å². The second-order valence-corrected chi connectivity index (χ2v) is 4.51. The quantitative estimate of drug-likeness (QED) is 0.691. The van der Waals surface area contributed by atoms with Crippen LogP contribution in [0.25, 0.3) is 0 Å². The lowest BCUT2D eigenvalue weighted by atomic mass is 9.96.